The highest BCUT2D eigenvalue weighted by Gasteiger charge is 2.14. The van der Waals surface area contributed by atoms with E-state index in [1.54, 1.807) is 7.11 Å². The number of methoxy groups -OCH3 is 1. The van der Waals surface area contributed by atoms with Crippen LogP contribution in [0.1, 0.15) is 30.9 Å². The zero-order valence-electron chi connectivity index (χ0n) is 14.2. The van der Waals surface area contributed by atoms with Crippen molar-refractivity contribution in [3.8, 4) is 11.5 Å². The van der Waals surface area contributed by atoms with E-state index in [9.17, 15) is 4.79 Å². The van der Waals surface area contributed by atoms with Crippen LogP contribution in [0.4, 0.5) is 0 Å². The van der Waals surface area contributed by atoms with Crippen LogP contribution in [0.5, 0.6) is 11.5 Å². The number of carbonyl (C=O) groups is 1. The predicted octanol–water partition coefficient (Wildman–Crippen LogP) is 4.04. The molecule has 24 heavy (non-hydrogen) atoms. The van der Waals surface area contributed by atoms with Gasteiger partial charge in [-0.2, -0.15) is 0 Å². The number of ether oxygens (including phenoxy) is 2. The Balaban J connectivity index is 2.00. The molecule has 0 aliphatic heterocycles. The second kappa shape index (κ2) is 8.96. The van der Waals surface area contributed by atoms with E-state index in [0.29, 0.717) is 30.9 Å². The van der Waals surface area contributed by atoms with Crippen LogP contribution < -0.4 is 15.2 Å². The van der Waals surface area contributed by atoms with Gasteiger partial charge in [0.15, 0.2) is 11.5 Å². The number of hydrogen-bond donors (Lipinski definition) is 0. The zero-order chi connectivity index (χ0) is 17.4. The molecule has 1 amide bonds. The van der Waals surface area contributed by atoms with Crippen molar-refractivity contribution in [3.63, 3.8) is 0 Å². The third-order valence-corrected chi connectivity index (χ3v) is 4.11. The van der Waals surface area contributed by atoms with E-state index < -0.39 is 5.91 Å². The maximum atomic E-state index is 11.2. The predicted molar refractivity (Wildman–Crippen MR) is 94.0 cm³/mol. The Morgan fingerprint density at radius 2 is 1.83 bits per heavy atom. The average molecular weight is 326 g/mol. The first kappa shape index (κ1) is 17.9. The fraction of sp³-hybridized carbons (Fsp3) is 0.350. The lowest BCUT2D eigenvalue weighted by molar-refractivity contribution is -0.122. The molecule has 1 radical (unpaired) electrons. The summed E-state index contributed by atoms with van der Waals surface area (Å²) < 4.78 is 11.3. The highest BCUT2D eigenvalue weighted by Crippen LogP contribution is 2.29. The summed E-state index contributed by atoms with van der Waals surface area (Å²) in [5, 5.41) is 0. The molecule has 1 unspecified atom stereocenters. The van der Waals surface area contributed by atoms with E-state index in [2.05, 4.69) is 0 Å². The molecule has 0 saturated carbocycles. The van der Waals surface area contributed by atoms with Crippen LogP contribution in [-0.2, 0) is 17.8 Å². The molecule has 2 rings (SSSR count). The highest BCUT2D eigenvalue weighted by atomic mass is 16.5. The number of nitrogens with one attached hydrogen (secondary N) is 1. The first-order valence-electron chi connectivity index (χ1n) is 8.23. The molecule has 0 aliphatic carbocycles. The topological polar surface area (TPSA) is 59.3 Å². The highest BCUT2D eigenvalue weighted by molar-refractivity contribution is 5.75. The van der Waals surface area contributed by atoms with Crippen LogP contribution in [0.25, 0.3) is 0 Å². The van der Waals surface area contributed by atoms with Crippen LogP contribution in [0.15, 0.2) is 48.5 Å². The van der Waals surface area contributed by atoms with Gasteiger partial charge < -0.3 is 9.47 Å². The van der Waals surface area contributed by atoms with Crippen molar-refractivity contribution in [2.75, 3.05) is 7.11 Å². The van der Waals surface area contributed by atoms with E-state index >= 15 is 0 Å². The molecule has 2 aromatic carbocycles. The van der Waals surface area contributed by atoms with E-state index in [-0.39, 0.29) is 5.92 Å². The summed E-state index contributed by atoms with van der Waals surface area (Å²) >= 11 is 0. The Morgan fingerprint density at radius 3 is 2.46 bits per heavy atom. The Hall–Kier alpha value is -2.49. The van der Waals surface area contributed by atoms with Gasteiger partial charge in [0, 0.05) is 5.92 Å². The number of rotatable bonds is 9. The Morgan fingerprint density at radius 1 is 1.08 bits per heavy atom. The summed E-state index contributed by atoms with van der Waals surface area (Å²) in [5.41, 5.74) is 9.45. The van der Waals surface area contributed by atoms with Gasteiger partial charge in [-0.05, 0) is 42.5 Å². The van der Waals surface area contributed by atoms with E-state index in [4.69, 9.17) is 15.2 Å². The van der Waals surface area contributed by atoms with Gasteiger partial charge in [-0.3, -0.25) is 10.5 Å². The standard InChI is InChI=1S/C20H24NO3/c1-3-17(20(21)22)11-9-15-10-12-18(19(13-15)23-2)24-14-16-7-5-4-6-8-16/h4-8,10,12-13,17,21H,3,9,11,14H2,1-2H3. The van der Waals surface area contributed by atoms with Crippen molar-refractivity contribution in [2.45, 2.75) is 32.8 Å². The molecule has 4 nitrogen and oxygen atoms in total. The Kier molecular flexibility index (Phi) is 6.67. The summed E-state index contributed by atoms with van der Waals surface area (Å²) in [6.45, 7) is 2.43. The number of hydrogen-bond acceptors (Lipinski definition) is 3. The van der Waals surface area contributed by atoms with Crippen LogP contribution in [0.2, 0.25) is 0 Å². The third-order valence-electron chi connectivity index (χ3n) is 4.11. The Bertz CT molecular complexity index is 655. The first-order chi connectivity index (χ1) is 11.6. The van der Waals surface area contributed by atoms with Crippen molar-refractivity contribution in [2.24, 2.45) is 5.92 Å². The summed E-state index contributed by atoms with van der Waals surface area (Å²) in [6, 6.07) is 15.8. The number of amides is 1. The molecule has 0 saturated heterocycles. The second-order valence-electron chi connectivity index (χ2n) is 5.77. The molecule has 2 aromatic rings. The lowest BCUT2D eigenvalue weighted by Crippen LogP contribution is -2.15. The van der Waals surface area contributed by atoms with E-state index in [1.165, 1.54) is 0 Å². The van der Waals surface area contributed by atoms with Gasteiger partial charge in [0.1, 0.15) is 6.61 Å². The SMILES string of the molecule is CCC(CCc1ccc(OCc2ccccc2)c(OC)c1)C([NH])=O. The van der Waals surface area contributed by atoms with E-state index in [0.717, 1.165) is 17.5 Å². The van der Waals surface area contributed by atoms with Crippen LogP contribution in [-0.4, -0.2) is 13.0 Å². The van der Waals surface area contributed by atoms with Crippen molar-refractivity contribution < 1.29 is 14.3 Å². The molecule has 0 bridgehead atoms. The Labute approximate surface area is 143 Å². The minimum atomic E-state index is -0.479. The second-order valence-corrected chi connectivity index (χ2v) is 5.77. The molecule has 4 heteroatoms. The molecule has 1 atom stereocenters. The lowest BCUT2D eigenvalue weighted by Gasteiger charge is -2.14. The van der Waals surface area contributed by atoms with Crippen LogP contribution in [0, 0.1) is 5.92 Å². The normalized spacial score (nSPS) is 11.8. The van der Waals surface area contributed by atoms with Crippen molar-refractivity contribution in [1.29, 1.82) is 0 Å². The summed E-state index contributed by atoms with van der Waals surface area (Å²) in [7, 11) is 1.62. The summed E-state index contributed by atoms with van der Waals surface area (Å²) in [5.74, 6) is 0.722. The van der Waals surface area contributed by atoms with Crippen molar-refractivity contribution in [1.82, 2.24) is 5.73 Å². The van der Waals surface area contributed by atoms with Crippen molar-refractivity contribution >= 4 is 5.91 Å². The number of benzene rings is 2. The van der Waals surface area contributed by atoms with Gasteiger partial charge in [-0.1, -0.05) is 43.3 Å². The number of carbonyl (C=O) groups excluding carboxylic acids is 1. The van der Waals surface area contributed by atoms with Gasteiger partial charge in [0.2, 0.25) is 5.91 Å². The van der Waals surface area contributed by atoms with Gasteiger partial charge in [0.05, 0.1) is 7.11 Å². The molecule has 0 spiro atoms. The molecule has 1 N–H and O–H groups in total. The molecule has 0 aromatic heterocycles. The minimum Gasteiger partial charge on any atom is -0.493 e. The fourth-order valence-corrected chi connectivity index (χ4v) is 2.58. The first-order valence-corrected chi connectivity index (χ1v) is 8.23. The van der Waals surface area contributed by atoms with Gasteiger partial charge >= 0.3 is 0 Å². The largest absolute Gasteiger partial charge is 0.493 e. The quantitative estimate of drug-likeness (QED) is 0.698. The molecule has 0 fully saturated rings. The smallest absolute Gasteiger partial charge is 0.241 e. The fourth-order valence-electron chi connectivity index (χ4n) is 2.58. The monoisotopic (exact) mass is 326 g/mol. The average Bonchev–Trinajstić information content (AvgIpc) is 2.61. The summed E-state index contributed by atoms with van der Waals surface area (Å²) in [4.78, 5) is 11.2. The zero-order valence-corrected chi connectivity index (χ0v) is 14.2. The molecule has 0 heterocycles. The van der Waals surface area contributed by atoms with Crippen LogP contribution >= 0.6 is 0 Å². The van der Waals surface area contributed by atoms with Gasteiger partial charge in [-0.25, -0.2) is 0 Å². The van der Waals surface area contributed by atoms with Crippen molar-refractivity contribution in [3.05, 3.63) is 59.7 Å². The molecular formula is C20H24NO3. The number of aryl methyl sites for hydroxylation is 1. The molecule has 127 valence electrons. The molecule has 0 aliphatic rings. The summed E-state index contributed by atoms with van der Waals surface area (Å²) in [6.07, 6.45) is 2.14. The van der Waals surface area contributed by atoms with E-state index in [1.807, 2.05) is 55.5 Å². The lowest BCUT2D eigenvalue weighted by atomic mass is 9.96. The molecular weight excluding hydrogens is 302 g/mol. The third kappa shape index (κ3) is 5.01. The van der Waals surface area contributed by atoms with Gasteiger partial charge in [0.25, 0.3) is 0 Å². The van der Waals surface area contributed by atoms with Gasteiger partial charge in [-0.15, -0.1) is 0 Å². The van der Waals surface area contributed by atoms with Crippen LogP contribution in [0.3, 0.4) is 0 Å². The maximum Gasteiger partial charge on any atom is 0.241 e. The minimum absolute atomic E-state index is 0.190. The maximum absolute atomic E-state index is 11.2.